The number of ether oxygens (including phenoxy) is 1. The van der Waals surface area contributed by atoms with Gasteiger partial charge in [0, 0.05) is 11.3 Å². The second-order valence-electron chi connectivity index (χ2n) is 4.95. The third-order valence-corrected chi connectivity index (χ3v) is 4.14. The summed E-state index contributed by atoms with van der Waals surface area (Å²) >= 11 is 1.35. The summed E-state index contributed by atoms with van der Waals surface area (Å²) in [5, 5.41) is 2.26. The molecule has 0 unspecified atom stereocenters. The molecule has 2 aromatic rings. The topological polar surface area (TPSA) is 38.3 Å². The van der Waals surface area contributed by atoms with Crippen LogP contribution in [0, 0.1) is 18.6 Å². The third kappa shape index (κ3) is 4.69. The van der Waals surface area contributed by atoms with E-state index < -0.39 is 23.2 Å². The lowest BCUT2D eigenvalue weighted by atomic mass is 10.1. The molecule has 0 fully saturated rings. The molecule has 0 saturated carbocycles. The molecular formula is C17H17F2NO2S. The van der Waals surface area contributed by atoms with Crippen LogP contribution in [0.3, 0.4) is 0 Å². The van der Waals surface area contributed by atoms with Gasteiger partial charge in [-0.25, -0.2) is 8.78 Å². The van der Waals surface area contributed by atoms with Crippen molar-refractivity contribution in [2.75, 3.05) is 18.2 Å². The Kier molecular flexibility index (Phi) is 5.98. The summed E-state index contributed by atoms with van der Waals surface area (Å²) in [7, 11) is 1.59. The molecule has 0 atom stereocenters. The largest absolute Gasteiger partial charge is 0.496 e. The summed E-state index contributed by atoms with van der Waals surface area (Å²) in [6.07, 6.45) is 0. The number of thioether (sulfide) groups is 1. The summed E-state index contributed by atoms with van der Waals surface area (Å²) in [6, 6.07) is 9.26. The van der Waals surface area contributed by atoms with Crippen molar-refractivity contribution in [1.82, 2.24) is 0 Å². The molecule has 3 nitrogen and oxygen atoms in total. The zero-order valence-corrected chi connectivity index (χ0v) is 13.7. The average Bonchev–Trinajstić information content (AvgIpc) is 2.51. The van der Waals surface area contributed by atoms with Crippen LogP contribution in [0.15, 0.2) is 36.4 Å². The van der Waals surface area contributed by atoms with Crippen LogP contribution in [0.4, 0.5) is 14.5 Å². The number of para-hydroxylation sites is 1. The second-order valence-corrected chi connectivity index (χ2v) is 5.94. The van der Waals surface area contributed by atoms with Gasteiger partial charge in [-0.15, -0.1) is 11.8 Å². The monoisotopic (exact) mass is 337 g/mol. The predicted molar refractivity (Wildman–Crippen MR) is 88.9 cm³/mol. The number of anilines is 1. The van der Waals surface area contributed by atoms with Crippen molar-refractivity contribution in [3.05, 3.63) is 59.2 Å². The maximum atomic E-state index is 13.5. The number of carbonyl (C=O) groups excluding carboxylic acids is 1. The molecule has 0 aliphatic heterocycles. The van der Waals surface area contributed by atoms with Crippen molar-refractivity contribution in [3.8, 4) is 5.75 Å². The molecule has 0 radical (unpaired) electrons. The Hall–Kier alpha value is -2.08. The van der Waals surface area contributed by atoms with Crippen LogP contribution in [0.1, 0.15) is 11.1 Å². The van der Waals surface area contributed by atoms with E-state index in [4.69, 9.17) is 4.74 Å². The van der Waals surface area contributed by atoms with E-state index in [0.29, 0.717) is 5.75 Å². The van der Waals surface area contributed by atoms with Gasteiger partial charge in [-0.1, -0.05) is 23.8 Å². The number of amides is 1. The van der Waals surface area contributed by atoms with Gasteiger partial charge in [0.1, 0.15) is 23.1 Å². The smallest absolute Gasteiger partial charge is 0.234 e. The van der Waals surface area contributed by atoms with Crippen molar-refractivity contribution < 1.29 is 18.3 Å². The summed E-state index contributed by atoms with van der Waals surface area (Å²) in [6.45, 7) is 1.97. The number of hydrogen-bond donors (Lipinski definition) is 1. The lowest BCUT2D eigenvalue weighted by molar-refractivity contribution is -0.113. The standard InChI is InChI=1S/C17H17F2NO2S/c1-11-6-7-15(22-2)12(8-11)9-23-10-16(21)20-17-13(18)4-3-5-14(17)19/h3-8H,9-10H2,1-2H3,(H,20,21). The average molecular weight is 337 g/mol. The molecule has 0 aliphatic rings. The minimum Gasteiger partial charge on any atom is -0.496 e. The Balaban J connectivity index is 1.92. The quantitative estimate of drug-likeness (QED) is 0.860. The van der Waals surface area contributed by atoms with E-state index in [0.717, 1.165) is 29.0 Å². The van der Waals surface area contributed by atoms with Gasteiger partial charge in [-0.2, -0.15) is 0 Å². The summed E-state index contributed by atoms with van der Waals surface area (Å²) in [5.74, 6) is -0.621. The number of hydrogen-bond acceptors (Lipinski definition) is 3. The van der Waals surface area contributed by atoms with Gasteiger partial charge in [0.15, 0.2) is 0 Å². The molecule has 0 saturated heterocycles. The number of benzene rings is 2. The third-order valence-electron chi connectivity index (χ3n) is 3.15. The Labute approximate surface area is 138 Å². The number of nitrogens with one attached hydrogen (secondary N) is 1. The lowest BCUT2D eigenvalue weighted by Crippen LogP contribution is -2.16. The van der Waals surface area contributed by atoms with Gasteiger partial charge in [0.25, 0.3) is 0 Å². The normalized spacial score (nSPS) is 10.4. The molecule has 0 aliphatic carbocycles. The number of rotatable bonds is 6. The summed E-state index contributed by atoms with van der Waals surface area (Å²) < 4.78 is 32.2. The van der Waals surface area contributed by atoms with Crippen LogP contribution in [0.25, 0.3) is 0 Å². The van der Waals surface area contributed by atoms with Gasteiger partial charge in [-0.3, -0.25) is 4.79 Å². The van der Waals surface area contributed by atoms with Crippen LogP contribution in [-0.4, -0.2) is 18.8 Å². The highest BCUT2D eigenvalue weighted by Gasteiger charge is 2.12. The van der Waals surface area contributed by atoms with E-state index in [-0.39, 0.29) is 5.75 Å². The van der Waals surface area contributed by atoms with Crippen LogP contribution in [0.2, 0.25) is 0 Å². The van der Waals surface area contributed by atoms with Crippen LogP contribution in [-0.2, 0) is 10.5 Å². The molecule has 6 heteroatoms. The van der Waals surface area contributed by atoms with Crippen molar-refractivity contribution in [1.29, 1.82) is 0 Å². The minimum absolute atomic E-state index is 0.0882. The fourth-order valence-electron chi connectivity index (χ4n) is 2.07. The second kappa shape index (κ2) is 7.97. The molecule has 0 spiro atoms. The lowest BCUT2D eigenvalue weighted by Gasteiger charge is -2.10. The first-order valence-corrected chi connectivity index (χ1v) is 8.12. The maximum absolute atomic E-state index is 13.5. The Bertz CT molecular complexity index is 687. The Morgan fingerprint density at radius 2 is 1.91 bits per heavy atom. The number of carbonyl (C=O) groups is 1. The van der Waals surface area contributed by atoms with Gasteiger partial charge in [0.2, 0.25) is 5.91 Å². The minimum atomic E-state index is -0.788. The summed E-state index contributed by atoms with van der Waals surface area (Å²) in [5.41, 5.74) is 1.66. The van der Waals surface area contributed by atoms with Crippen molar-refractivity contribution in [2.45, 2.75) is 12.7 Å². The number of methoxy groups -OCH3 is 1. The van der Waals surface area contributed by atoms with Gasteiger partial charge < -0.3 is 10.1 Å². The molecule has 0 heterocycles. The Morgan fingerprint density at radius 1 is 1.22 bits per heavy atom. The van der Waals surface area contributed by atoms with E-state index in [1.807, 2.05) is 25.1 Å². The van der Waals surface area contributed by atoms with E-state index in [2.05, 4.69) is 5.32 Å². The highest BCUT2D eigenvalue weighted by molar-refractivity contribution is 7.99. The SMILES string of the molecule is COc1ccc(C)cc1CSCC(=O)Nc1c(F)cccc1F. The van der Waals surface area contributed by atoms with Gasteiger partial charge >= 0.3 is 0 Å². The van der Waals surface area contributed by atoms with Crippen LogP contribution < -0.4 is 10.1 Å². The van der Waals surface area contributed by atoms with E-state index >= 15 is 0 Å². The molecule has 2 rings (SSSR count). The summed E-state index contributed by atoms with van der Waals surface area (Å²) in [4.78, 5) is 11.8. The highest BCUT2D eigenvalue weighted by Crippen LogP contribution is 2.25. The maximum Gasteiger partial charge on any atom is 0.234 e. The molecule has 0 bridgehead atoms. The number of aryl methyl sites for hydroxylation is 1. The van der Waals surface area contributed by atoms with Crippen LogP contribution >= 0.6 is 11.8 Å². The van der Waals surface area contributed by atoms with E-state index in [1.54, 1.807) is 7.11 Å². The molecule has 0 aromatic heterocycles. The van der Waals surface area contributed by atoms with E-state index in [1.165, 1.54) is 17.8 Å². The molecule has 122 valence electrons. The van der Waals surface area contributed by atoms with Crippen molar-refractivity contribution >= 4 is 23.4 Å². The molecule has 23 heavy (non-hydrogen) atoms. The first-order valence-electron chi connectivity index (χ1n) is 6.96. The van der Waals surface area contributed by atoms with E-state index in [9.17, 15) is 13.6 Å². The van der Waals surface area contributed by atoms with Crippen LogP contribution in [0.5, 0.6) is 5.75 Å². The van der Waals surface area contributed by atoms with Crippen molar-refractivity contribution in [3.63, 3.8) is 0 Å². The molecule has 1 amide bonds. The van der Waals surface area contributed by atoms with Gasteiger partial charge in [0.05, 0.1) is 12.9 Å². The van der Waals surface area contributed by atoms with Crippen molar-refractivity contribution in [2.24, 2.45) is 0 Å². The Morgan fingerprint density at radius 3 is 2.57 bits per heavy atom. The molecule has 2 aromatic carbocycles. The fourth-order valence-corrected chi connectivity index (χ4v) is 2.87. The fraction of sp³-hybridized carbons (Fsp3) is 0.235. The highest BCUT2D eigenvalue weighted by atomic mass is 32.2. The zero-order valence-electron chi connectivity index (χ0n) is 12.9. The zero-order chi connectivity index (χ0) is 16.8. The predicted octanol–water partition coefficient (Wildman–Crippen LogP) is 4.15. The molecular weight excluding hydrogens is 320 g/mol. The molecule has 1 N–H and O–H groups in total. The number of halogens is 2. The first-order chi connectivity index (χ1) is 11.0. The van der Waals surface area contributed by atoms with Gasteiger partial charge in [-0.05, 0) is 25.1 Å². The first kappa shape index (κ1) is 17.3.